The van der Waals surface area contributed by atoms with Gasteiger partial charge < -0.3 is 5.32 Å². The molecule has 138 valence electrons. The number of anilines is 2. The molecule has 0 atom stereocenters. The molecule has 3 aromatic rings. The molecule has 4 heteroatoms. The van der Waals surface area contributed by atoms with Crippen LogP contribution < -0.4 is 10.2 Å². The molecule has 1 aliphatic rings. The number of benzene rings is 3. The van der Waals surface area contributed by atoms with Gasteiger partial charge in [0, 0.05) is 5.69 Å². The Morgan fingerprint density at radius 1 is 0.714 bits per heavy atom. The van der Waals surface area contributed by atoms with E-state index >= 15 is 0 Å². The lowest BCUT2D eigenvalue weighted by Crippen LogP contribution is -2.32. The summed E-state index contributed by atoms with van der Waals surface area (Å²) in [6, 6.07) is 24.4. The summed E-state index contributed by atoms with van der Waals surface area (Å²) in [4.78, 5) is 27.8. The van der Waals surface area contributed by atoms with Gasteiger partial charge in [-0.25, -0.2) is 4.90 Å². The first-order valence-electron chi connectivity index (χ1n) is 9.13. The van der Waals surface area contributed by atoms with Crippen molar-refractivity contribution in [1.82, 2.24) is 0 Å². The summed E-state index contributed by atoms with van der Waals surface area (Å²) in [5, 5.41) is 3.19. The molecule has 0 saturated carbocycles. The van der Waals surface area contributed by atoms with Crippen LogP contribution in [-0.2, 0) is 9.59 Å². The molecular weight excluding hydrogens is 348 g/mol. The minimum Gasteiger partial charge on any atom is -0.350 e. The Morgan fingerprint density at radius 3 is 2.07 bits per heavy atom. The maximum Gasteiger partial charge on any atom is 0.282 e. The van der Waals surface area contributed by atoms with Crippen LogP contribution in [-0.4, -0.2) is 11.8 Å². The summed E-state index contributed by atoms with van der Waals surface area (Å²) in [6.45, 7) is 3.92. The van der Waals surface area contributed by atoms with Gasteiger partial charge in [0.15, 0.2) is 0 Å². The van der Waals surface area contributed by atoms with Gasteiger partial charge in [-0.1, -0.05) is 54.6 Å². The number of imide groups is 1. The SMILES string of the molecule is Cc1cccc(NC2=C(c3ccccc3)C(=O)N(c3cccc(C)c3)C2=O)c1. The Labute approximate surface area is 164 Å². The largest absolute Gasteiger partial charge is 0.350 e. The van der Waals surface area contributed by atoms with Crippen LogP contribution in [0.25, 0.3) is 5.57 Å². The third-order valence-electron chi connectivity index (χ3n) is 4.69. The predicted octanol–water partition coefficient (Wildman–Crippen LogP) is 4.70. The topological polar surface area (TPSA) is 49.4 Å². The van der Waals surface area contributed by atoms with Crippen molar-refractivity contribution in [2.75, 3.05) is 10.2 Å². The van der Waals surface area contributed by atoms with E-state index in [-0.39, 0.29) is 11.8 Å². The molecule has 0 aliphatic carbocycles. The molecule has 0 bridgehead atoms. The molecule has 1 aliphatic heterocycles. The van der Waals surface area contributed by atoms with Gasteiger partial charge in [0.25, 0.3) is 11.8 Å². The second-order valence-electron chi connectivity index (χ2n) is 6.90. The van der Waals surface area contributed by atoms with Crippen LogP contribution >= 0.6 is 0 Å². The van der Waals surface area contributed by atoms with Gasteiger partial charge in [-0.3, -0.25) is 9.59 Å². The summed E-state index contributed by atoms with van der Waals surface area (Å²) in [5.41, 5.74) is 4.79. The Kier molecular flexibility index (Phi) is 4.53. The Hall–Kier alpha value is -3.66. The minimum atomic E-state index is -0.351. The Morgan fingerprint density at radius 2 is 1.39 bits per heavy atom. The highest BCUT2D eigenvalue weighted by Crippen LogP contribution is 2.34. The van der Waals surface area contributed by atoms with Crippen LogP contribution in [0.3, 0.4) is 0 Å². The van der Waals surface area contributed by atoms with Crippen LogP contribution in [0.1, 0.15) is 16.7 Å². The number of carbonyl (C=O) groups excluding carboxylic acids is 2. The average molecular weight is 368 g/mol. The fraction of sp³-hybridized carbons (Fsp3) is 0.0833. The third kappa shape index (κ3) is 3.21. The number of aryl methyl sites for hydroxylation is 2. The Balaban J connectivity index is 1.83. The first-order chi connectivity index (χ1) is 13.5. The molecule has 2 amide bonds. The van der Waals surface area contributed by atoms with Gasteiger partial charge >= 0.3 is 0 Å². The van der Waals surface area contributed by atoms with E-state index in [0.717, 1.165) is 16.8 Å². The lowest BCUT2D eigenvalue weighted by molar-refractivity contribution is -0.120. The van der Waals surface area contributed by atoms with Crippen molar-refractivity contribution < 1.29 is 9.59 Å². The predicted molar refractivity (Wildman–Crippen MR) is 112 cm³/mol. The molecule has 4 nitrogen and oxygen atoms in total. The normalized spacial score (nSPS) is 14.0. The number of amides is 2. The maximum absolute atomic E-state index is 13.3. The third-order valence-corrected chi connectivity index (χ3v) is 4.69. The first-order valence-corrected chi connectivity index (χ1v) is 9.13. The molecule has 0 saturated heterocycles. The second-order valence-corrected chi connectivity index (χ2v) is 6.90. The minimum absolute atomic E-state index is 0.295. The maximum atomic E-state index is 13.3. The highest BCUT2D eigenvalue weighted by atomic mass is 16.2. The van der Waals surface area contributed by atoms with E-state index in [2.05, 4.69) is 5.32 Å². The molecule has 0 fully saturated rings. The number of rotatable bonds is 4. The quantitative estimate of drug-likeness (QED) is 0.679. The summed E-state index contributed by atoms with van der Waals surface area (Å²) < 4.78 is 0. The zero-order chi connectivity index (χ0) is 19.7. The average Bonchev–Trinajstić information content (AvgIpc) is 2.92. The van der Waals surface area contributed by atoms with Gasteiger partial charge in [0.1, 0.15) is 5.70 Å². The Bertz CT molecular complexity index is 1100. The van der Waals surface area contributed by atoms with Crippen LogP contribution in [0, 0.1) is 13.8 Å². The van der Waals surface area contributed by atoms with Crippen molar-refractivity contribution in [1.29, 1.82) is 0 Å². The van der Waals surface area contributed by atoms with Gasteiger partial charge in [-0.05, 0) is 54.8 Å². The summed E-state index contributed by atoms with van der Waals surface area (Å²) in [5.74, 6) is -0.673. The van der Waals surface area contributed by atoms with E-state index in [0.29, 0.717) is 22.5 Å². The van der Waals surface area contributed by atoms with Crippen molar-refractivity contribution in [3.63, 3.8) is 0 Å². The van der Waals surface area contributed by atoms with Crippen LogP contribution in [0.5, 0.6) is 0 Å². The monoisotopic (exact) mass is 368 g/mol. The molecule has 0 unspecified atom stereocenters. The molecule has 1 heterocycles. The van der Waals surface area contributed by atoms with E-state index in [1.807, 2.05) is 86.6 Å². The number of hydrogen-bond donors (Lipinski definition) is 1. The molecule has 0 radical (unpaired) electrons. The van der Waals surface area contributed by atoms with E-state index < -0.39 is 0 Å². The molecule has 28 heavy (non-hydrogen) atoms. The highest BCUT2D eigenvalue weighted by molar-refractivity contribution is 6.46. The van der Waals surface area contributed by atoms with Crippen LogP contribution in [0.4, 0.5) is 11.4 Å². The van der Waals surface area contributed by atoms with Crippen molar-refractivity contribution in [3.8, 4) is 0 Å². The second kappa shape index (κ2) is 7.16. The first kappa shape index (κ1) is 17.7. The zero-order valence-corrected chi connectivity index (χ0v) is 15.8. The van der Waals surface area contributed by atoms with Crippen molar-refractivity contribution >= 4 is 28.8 Å². The number of hydrogen-bond acceptors (Lipinski definition) is 3. The van der Waals surface area contributed by atoms with Crippen molar-refractivity contribution in [3.05, 3.63) is 101 Å². The summed E-state index contributed by atoms with van der Waals surface area (Å²) in [7, 11) is 0. The van der Waals surface area contributed by atoms with Gasteiger partial charge in [0.05, 0.1) is 11.3 Å². The lowest BCUT2D eigenvalue weighted by Gasteiger charge is -2.16. The molecule has 0 aromatic heterocycles. The summed E-state index contributed by atoms with van der Waals surface area (Å²) in [6.07, 6.45) is 0. The zero-order valence-electron chi connectivity index (χ0n) is 15.8. The van der Waals surface area contributed by atoms with E-state index in [9.17, 15) is 9.59 Å². The standard InChI is InChI=1S/C24H20N2O2/c1-16-8-6-12-19(14-16)25-22-21(18-10-4-3-5-11-18)23(27)26(24(22)28)20-13-7-9-17(2)15-20/h3-15,25H,1-2H3. The lowest BCUT2D eigenvalue weighted by atomic mass is 10.0. The molecular formula is C24H20N2O2. The van der Waals surface area contributed by atoms with Gasteiger partial charge in [0.2, 0.25) is 0 Å². The highest BCUT2D eigenvalue weighted by Gasteiger charge is 2.40. The van der Waals surface area contributed by atoms with Crippen molar-refractivity contribution in [2.45, 2.75) is 13.8 Å². The molecule has 3 aromatic carbocycles. The number of nitrogens with zero attached hydrogens (tertiary/aromatic N) is 1. The van der Waals surface area contributed by atoms with Crippen LogP contribution in [0.15, 0.2) is 84.6 Å². The van der Waals surface area contributed by atoms with Gasteiger partial charge in [-0.15, -0.1) is 0 Å². The van der Waals surface area contributed by atoms with Crippen molar-refractivity contribution in [2.24, 2.45) is 0 Å². The van der Waals surface area contributed by atoms with Gasteiger partial charge in [-0.2, -0.15) is 0 Å². The van der Waals surface area contributed by atoms with E-state index in [1.165, 1.54) is 4.90 Å². The molecule has 4 rings (SSSR count). The fourth-order valence-electron chi connectivity index (χ4n) is 3.39. The van der Waals surface area contributed by atoms with Crippen LogP contribution in [0.2, 0.25) is 0 Å². The number of carbonyl (C=O) groups is 2. The van der Waals surface area contributed by atoms with E-state index in [1.54, 1.807) is 6.07 Å². The molecule has 0 spiro atoms. The molecule has 1 N–H and O–H groups in total. The summed E-state index contributed by atoms with van der Waals surface area (Å²) >= 11 is 0. The van der Waals surface area contributed by atoms with E-state index in [4.69, 9.17) is 0 Å². The smallest absolute Gasteiger partial charge is 0.282 e. The fourth-order valence-corrected chi connectivity index (χ4v) is 3.39. The number of nitrogens with one attached hydrogen (secondary N) is 1.